The maximum absolute atomic E-state index is 11.0. The molecule has 25 heavy (non-hydrogen) atoms. The molecule has 150 valence electrons. The van der Waals surface area contributed by atoms with Crippen molar-refractivity contribution in [2.75, 3.05) is 26.5 Å². The summed E-state index contributed by atoms with van der Waals surface area (Å²) < 4.78 is 26.8. The average molecular weight is 386 g/mol. The molecule has 9 nitrogen and oxygen atoms in total. The van der Waals surface area contributed by atoms with Crippen LogP contribution in [-0.2, 0) is 18.8 Å². The van der Waals surface area contributed by atoms with Crippen LogP contribution in [0.15, 0.2) is 0 Å². The summed E-state index contributed by atoms with van der Waals surface area (Å²) in [6.07, 6.45) is -2.30. The summed E-state index contributed by atoms with van der Waals surface area (Å²) in [6.45, 7) is 1.06. The fourth-order valence-corrected chi connectivity index (χ4v) is 3.26. The molecule has 10 heteroatoms. The lowest BCUT2D eigenvalue weighted by Crippen LogP contribution is -2.58. The van der Waals surface area contributed by atoms with E-state index in [2.05, 4.69) is 0 Å². The molecule has 0 aliphatic carbocycles. The zero-order chi connectivity index (χ0) is 18.9. The highest BCUT2D eigenvalue weighted by atomic mass is 31.2. The lowest BCUT2D eigenvalue weighted by molar-refractivity contribution is -0.297. The maximum Gasteiger partial charge on any atom is 0.325 e. The van der Waals surface area contributed by atoms with Crippen molar-refractivity contribution in [1.82, 2.24) is 0 Å². The predicted molar refractivity (Wildman–Crippen MR) is 89.1 cm³/mol. The summed E-state index contributed by atoms with van der Waals surface area (Å²) in [5.74, 6) is 0. The standard InChI is InChI=1S/C15H31O9P/c1-22-8-5-3-2-4-6-9-23-15-14(18)13(17)12(16)11(24-15)7-10-25(19,20)21/h11-18H,2-10H2,1H3,(H2,19,20,21). The van der Waals surface area contributed by atoms with Crippen LogP contribution in [0.1, 0.15) is 38.5 Å². The number of hydrogen-bond donors (Lipinski definition) is 5. The van der Waals surface area contributed by atoms with Gasteiger partial charge in [-0.2, -0.15) is 0 Å². The summed E-state index contributed by atoms with van der Waals surface area (Å²) >= 11 is 0. The topological polar surface area (TPSA) is 146 Å². The third kappa shape index (κ3) is 8.90. The van der Waals surface area contributed by atoms with Crippen molar-refractivity contribution in [2.45, 2.75) is 69.2 Å². The number of ether oxygens (including phenoxy) is 3. The van der Waals surface area contributed by atoms with Gasteiger partial charge >= 0.3 is 7.60 Å². The van der Waals surface area contributed by atoms with E-state index >= 15 is 0 Å². The number of unbranched alkanes of at least 4 members (excludes halogenated alkanes) is 4. The minimum Gasteiger partial charge on any atom is -0.388 e. The van der Waals surface area contributed by atoms with Crippen molar-refractivity contribution in [2.24, 2.45) is 0 Å². The first kappa shape index (κ1) is 23.0. The van der Waals surface area contributed by atoms with Crippen LogP contribution < -0.4 is 0 Å². The average Bonchev–Trinajstić information content (AvgIpc) is 2.55. The van der Waals surface area contributed by atoms with Crippen molar-refractivity contribution in [3.63, 3.8) is 0 Å². The first-order chi connectivity index (χ1) is 11.8. The fourth-order valence-electron chi connectivity index (χ4n) is 2.67. The zero-order valence-corrected chi connectivity index (χ0v) is 15.5. The molecule has 0 aromatic carbocycles. The second-order valence-corrected chi connectivity index (χ2v) is 8.10. The van der Waals surface area contributed by atoms with Crippen LogP contribution in [0.4, 0.5) is 0 Å². The zero-order valence-electron chi connectivity index (χ0n) is 14.6. The van der Waals surface area contributed by atoms with E-state index in [0.717, 1.165) is 38.7 Å². The molecule has 0 bridgehead atoms. The quantitative estimate of drug-likeness (QED) is 0.231. The van der Waals surface area contributed by atoms with Crippen LogP contribution in [0.25, 0.3) is 0 Å². The molecular formula is C15H31O9P. The molecule has 5 atom stereocenters. The molecule has 0 aromatic heterocycles. The van der Waals surface area contributed by atoms with Crippen molar-refractivity contribution in [1.29, 1.82) is 0 Å². The molecular weight excluding hydrogens is 355 g/mol. The normalized spacial score (nSPS) is 30.6. The van der Waals surface area contributed by atoms with E-state index < -0.39 is 44.5 Å². The van der Waals surface area contributed by atoms with Gasteiger partial charge in [0.1, 0.15) is 18.3 Å². The van der Waals surface area contributed by atoms with E-state index in [1.165, 1.54) is 0 Å². The van der Waals surface area contributed by atoms with Crippen LogP contribution >= 0.6 is 7.60 Å². The van der Waals surface area contributed by atoms with Gasteiger partial charge in [-0.3, -0.25) is 4.57 Å². The van der Waals surface area contributed by atoms with E-state index in [9.17, 15) is 19.9 Å². The van der Waals surface area contributed by atoms with Crippen molar-refractivity contribution >= 4 is 7.60 Å². The van der Waals surface area contributed by atoms with Gasteiger partial charge in [-0.05, 0) is 19.3 Å². The highest BCUT2D eigenvalue weighted by Crippen LogP contribution is 2.37. The van der Waals surface area contributed by atoms with Gasteiger partial charge in [0.25, 0.3) is 0 Å². The molecule has 1 heterocycles. The Labute approximate surface area is 148 Å². The smallest absolute Gasteiger partial charge is 0.325 e. The van der Waals surface area contributed by atoms with Crippen LogP contribution in [0.2, 0.25) is 0 Å². The third-order valence-corrected chi connectivity index (χ3v) is 4.99. The van der Waals surface area contributed by atoms with Gasteiger partial charge in [0, 0.05) is 20.3 Å². The first-order valence-corrected chi connectivity index (χ1v) is 10.4. The van der Waals surface area contributed by atoms with Gasteiger partial charge in [0.2, 0.25) is 0 Å². The highest BCUT2D eigenvalue weighted by Gasteiger charge is 2.44. The number of rotatable bonds is 12. The minimum absolute atomic E-state index is 0.144. The van der Waals surface area contributed by atoms with Crippen molar-refractivity contribution in [3.8, 4) is 0 Å². The molecule has 1 rings (SSSR count). The molecule has 5 unspecified atom stereocenters. The largest absolute Gasteiger partial charge is 0.388 e. The second-order valence-electron chi connectivity index (χ2n) is 6.32. The molecule has 1 aliphatic rings. The van der Waals surface area contributed by atoms with Gasteiger partial charge in [0.15, 0.2) is 6.29 Å². The lowest BCUT2D eigenvalue weighted by Gasteiger charge is -2.40. The third-order valence-electron chi connectivity index (χ3n) is 4.15. The second kappa shape index (κ2) is 11.6. The molecule has 5 N–H and O–H groups in total. The molecule has 0 aromatic rings. The maximum atomic E-state index is 11.0. The molecule has 1 saturated heterocycles. The molecule has 0 spiro atoms. The summed E-state index contributed by atoms with van der Waals surface area (Å²) in [4.78, 5) is 17.8. The van der Waals surface area contributed by atoms with E-state index in [4.69, 9.17) is 24.0 Å². The Bertz CT molecular complexity index is 402. The van der Waals surface area contributed by atoms with Crippen LogP contribution in [0.3, 0.4) is 0 Å². The van der Waals surface area contributed by atoms with Gasteiger partial charge in [-0.15, -0.1) is 0 Å². The summed E-state index contributed by atoms with van der Waals surface area (Å²) in [7, 11) is -2.57. The van der Waals surface area contributed by atoms with Crippen LogP contribution in [0, 0.1) is 0 Å². The first-order valence-electron chi connectivity index (χ1n) is 8.61. The molecule has 1 fully saturated rings. The Balaban J connectivity index is 2.33. The number of aliphatic hydroxyl groups is 3. The lowest BCUT2D eigenvalue weighted by atomic mass is 9.97. The van der Waals surface area contributed by atoms with Gasteiger partial charge in [-0.1, -0.05) is 19.3 Å². The summed E-state index contributed by atoms with van der Waals surface area (Å²) in [5, 5.41) is 29.7. The summed E-state index contributed by atoms with van der Waals surface area (Å²) in [6, 6.07) is 0. The van der Waals surface area contributed by atoms with Gasteiger partial charge < -0.3 is 39.3 Å². The molecule has 0 saturated carbocycles. The Morgan fingerprint density at radius 3 is 2.12 bits per heavy atom. The number of aliphatic hydroxyl groups excluding tert-OH is 3. The SMILES string of the molecule is COCCCCCCCOC1OC(CCP(=O)(O)O)C(O)C(O)C1O. The molecule has 0 amide bonds. The Morgan fingerprint density at radius 2 is 1.52 bits per heavy atom. The van der Waals surface area contributed by atoms with E-state index in [1.54, 1.807) is 7.11 Å². The van der Waals surface area contributed by atoms with E-state index in [1.807, 2.05) is 0 Å². The number of methoxy groups -OCH3 is 1. The Hall–Kier alpha value is -0.0900. The number of hydrogen-bond acceptors (Lipinski definition) is 7. The van der Waals surface area contributed by atoms with Gasteiger partial charge in [-0.25, -0.2) is 0 Å². The fraction of sp³-hybridized carbons (Fsp3) is 1.00. The Kier molecular flexibility index (Phi) is 10.6. The van der Waals surface area contributed by atoms with E-state index in [-0.39, 0.29) is 6.42 Å². The molecule has 1 aliphatic heterocycles. The Morgan fingerprint density at radius 1 is 0.920 bits per heavy atom. The van der Waals surface area contributed by atoms with Crippen molar-refractivity contribution in [3.05, 3.63) is 0 Å². The highest BCUT2D eigenvalue weighted by molar-refractivity contribution is 7.51. The van der Waals surface area contributed by atoms with Crippen molar-refractivity contribution < 1.29 is 43.9 Å². The molecule has 0 radical (unpaired) electrons. The minimum atomic E-state index is -4.24. The monoisotopic (exact) mass is 386 g/mol. The van der Waals surface area contributed by atoms with Crippen LogP contribution in [-0.4, -0.2) is 82.3 Å². The van der Waals surface area contributed by atoms with E-state index in [0.29, 0.717) is 6.61 Å². The summed E-state index contributed by atoms with van der Waals surface area (Å²) in [5.41, 5.74) is 0. The van der Waals surface area contributed by atoms with Gasteiger partial charge in [0.05, 0.1) is 12.3 Å². The van der Waals surface area contributed by atoms with Crippen LogP contribution in [0.5, 0.6) is 0 Å². The predicted octanol–water partition coefficient (Wildman–Crippen LogP) is -0.0247.